The van der Waals surface area contributed by atoms with Gasteiger partial charge in [0.15, 0.2) is 0 Å². The number of aromatic nitrogens is 1. The van der Waals surface area contributed by atoms with E-state index in [9.17, 15) is 9.90 Å². The number of hydrogen-bond acceptors (Lipinski definition) is 3. The van der Waals surface area contributed by atoms with Gasteiger partial charge in [0, 0.05) is 37.3 Å². The van der Waals surface area contributed by atoms with Gasteiger partial charge in [-0.15, -0.1) is 0 Å². The predicted octanol–water partition coefficient (Wildman–Crippen LogP) is 1.86. The first-order chi connectivity index (χ1) is 10.3. The third-order valence-corrected chi connectivity index (χ3v) is 5.22. The average molecular weight is 290 g/mol. The molecular formula is C17H26N2O2. The maximum atomic E-state index is 11.8. The molecule has 0 amide bonds. The van der Waals surface area contributed by atoms with Crippen molar-refractivity contribution >= 4 is 0 Å². The van der Waals surface area contributed by atoms with Crippen LogP contribution in [0, 0.1) is 5.92 Å². The molecule has 4 heteroatoms. The van der Waals surface area contributed by atoms with Crippen LogP contribution in [0.4, 0.5) is 0 Å². The van der Waals surface area contributed by atoms with Crippen LogP contribution in [0.1, 0.15) is 38.5 Å². The van der Waals surface area contributed by atoms with E-state index in [-0.39, 0.29) is 11.7 Å². The molecule has 1 saturated carbocycles. The van der Waals surface area contributed by atoms with Crippen molar-refractivity contribution in [2.75, 3.05) is 13.1 Å². The van der Waals surface area contributed by atoms with Crippen LogP contribution in [0.3, 0.4) is 0 Å². The van der Waals surface area contributed by atoms with Gasteiger partial charge in [-0.2, -0.15) is 0 Å². The first-order valence-corrected chi connectivity index (χ1v) is 8.33. The molecule has 0 spiro atoms. The normalized spacial score (nSPS) is 30.6. The van der Waals surface area contributed by atoms with E-state index in [0.717, 1.165) is 38.9 Å². The molecular weight excluding hydrogens is 264 g/mol. The van der Waals surface area contributed by atoms with Gasteiger partial charge in [0.05, 0.1) is 6.10 Å². The highest BCUT2D eigenvalue weighted by Crippen LogP contribution is 2.35. The molecule has 3 rings (SSSR count). The van der Waals surface area contributed by atoms with Gasteiger partial charge >= 0.3 is 0 Å². The van der Waals surface area contributed by atoms with Crippen molar-refractivity contribution in [3.8, 4) is 0 Å². The minimum Gasteiger partial charge on any atom is -0.393 e. The molecule has 0 aromatic carbocycles. The zero-order valence-electron chi connectivity index (χ0n) is 12.7. The lowest BCUT2D eigenvalue weighted by Gasteiger charge is -2.40. The van der Waals surface area contributed by atoms with Crippen molar-refractivity contribution in [1.29, 1.82) is 0 Å². The van der Waals surface area contributed by atoms with E-state index in [4.69, 9.17) is 0 Å². The third kappa shape index (κ3) is 3.38. The Labute approximate surface area is 126 Å². The van der Waals surface area contributed by atoms with Gasteiger partial charge in [-0.1, -0.05) is 18.9 Å². The fraction of sp³-hybridized carbons (Fsp3) is 0.706. The number of hydrogen-bond donors (Lipinski definition) is 1. The molecule has 0 bridgehead atoms. The topological polar surface area (TPSA) is 45.5 Å². The van der Waals surface area contributed by atoms with Crippen LogP contribution in [0.5, 0.6) is 0 Å². The molecule has 1 saturated heterocycles. The van der Waals surface area contributed by atoms with Crippen molar-refractivity contribution in [3.05, 3.63) is 34.7 Å². The number of nitrogens with zero attached hydrogens (tertiary/aromatic N) is 2. The molecule has 116 valence electrons. The summed E-state index contributed by atoms with van der Waals surface area (Å²) in [6.45, 7) is 2.77. The lowest BCUT2D eigenvalue weighted by atomic mass is 9.88. The number of rotatable bonds is 4. The standard InChI is InChI=1S/C17H26N2O2/c20-16-8-5-6-14(16)15-7-1-3-10-18(15)12-13-19-11-4-2-9-17(19)21/h2,4,9,11,14-16,20H,1,3,5-8,10,12-13H2. The van der Waals surface area contributed by atoms with Crippen LogP contribution in [-0.4, -0.2) is 39.8 Å². The second-order valence-electron chi connectivity index (χ2n) is 6.49. The summed E-state index contributed by atoms with van der Waals surface area (Å²) < 4.78 is 1.79. The summed E-state index contributed by atoms with van der Waals surface area (Å²) in [6.07, 6.45) is 8.75. The van der Waals surface area contributed by atoms with Crippen molar-refractivity contribution in [1.82, 2.24) is 9.47 Å². The first-order valence-electron chi connectivity index (χ1n) is 8.33. The fourth-order valence-electron chi connectivity index (χ4n) is 4.08. The van der Waals surface area contributed by atoms with E-state index in [0.29, 0.717) is 12.0 Å². The Kier molecular flexibility index (Phi) is 4.76. The Morgan fingerprint density at radius 1 is 1.10 bits per heavy atom. The first kappa shape index (κ1) is 14.8. The van der Waals surface area contributed by atoms with Crippen molar-refractivity contribution in [2.24, 2.45) is 5.92 Å². The van der Waals surface area contributed by atoms with Crippen LogP contribution in [0.2, 0.25) is 0 Å². The van der Waals surface area contributed by atoms with Gasteiger partial charge < -0.3 is 9.67 Å². The van der Waals surface area contributed by atoms with E-state index in [1.54, 1.807) is 16.7 Å². The summed E-state index contributed by atoms with van der Waals surface area (Å²) in [4.78, 5) is 14.3. The Morgan fingerprint density at radius 2 is 2.00 bits per heavy atom. The highest BCUT2D eigenvalue weighted by atomic mass is 16.3. The summed E-state index contributed by atoms with van der Waals surface area (Å²) in [5.74, 6) is 0.442. The van der Waals surface area contributed by atoms with Crippen LogP contribution in [0.25, 0.3) is 0 Å². The lowest BCUT2D eigenvalue weighted by molar-refractivity contribution is 0.0337. The molecule has 4 nitrogen and oxygen atoms in total. The van der Waals surface area contributed by atoms with E-state index in [1.807, 2.05) is 12.3 Å². The molecule has 1 aromatic rings. The summed E-state index contributed by atoms with van der Waals surface area (Å²) in [7, 11) is 0. The summed E-state index contributed by atoms with van der Waals surface area (Å²) in [5.41, 5.74) is 0.0759. The van der Waals surface area contributed by atoms with Gasteiger partial charge in [0.2, 0.25) is 0 Å². The van der Waals surface area contributed by atoms with Gasteiger partial charge in [-0.25, -0.2) is 0 Å². The molecule has 2 fully saturated rings. The Hall–Kier alpha value is -1.13. The zero-order chi connectivity index (χ0) is 14.7. The largest absolute Gasteiger partial charge is 0.393 e. The quantitative estimate of drug-likeness (QED) is 0.920. The second kappa shape index (κ2) is 6.75. The molecule has 1 aliphatic heterocycles. The van der Waals surface area contributed by atoms with Gasteiger partial charge in [-0.05, 0) is 38.3 Å². The number of pyridine rings is 1. The smallest absolute Gasteiger partial charge is 0.250 e. The minimum absolute atomic E-state index is 0.0759. The molecule has 1 aliphatic carbocycles. The molecule has 3 atom stereocenters. The number of aliphatic hydroxyl groups excluding tert-OH is 1. The molecule has 2 heterocycles. The summed E-state index contributed by atoms with van der Waals surface area (Å²) in [5, 5.41) is 10.2. The summed E-state index contributed by atoms with van der Waals surface area (Å²) >= 11 is 0. The zero-order valence-corrected chi connectivity index (χ0v) is 12.7. The molecule has 3 unspecified atom stereocenters. The number of likely N-dealkylation sites (tertiary alicyclic amines) is 1. The van der Waals surface area contributed by atoms with E-state index < -0.39 is 0 Å². The highest BCUT2D eigenvalue weighted by molar-refractivity contribution is 4.94. The van der Waals surface area contributed by atoms with E-state index >= 15 is 0 Å². The maximum Gasteiger partial charge on any atom is 0.250 e. The highest BCUT2D eigenvalue weighted by Gasteiger charge is 2.36. The Balaban J connectivity index is 1.64. The molecule has 21 heavy (non-hydrogen) atoms. The van der Waals surface area contributed by atoms with Crippen molar-refractivity contribution in [3.63, 3.8) is 0 Å². The second-order valence-corrected chi connectivity index (χ2v) is 6.49. The Bertz CT molecular complexity index is 514. The molecule has 1 aromatic heterocycles. The van der Waals surface area contributed by atoms with Gasteiger partial charge in [0.1, 0.15) is 0 Å². The number of aliphatic hydroxyl groups is 1. The maximum absolute atomic E-state index is 11.8. The van der Waals surface area contributed by atoms with E-state index in [2.05, 4.69) is 4.90 Å². The third-order valence-electron chi connectivity index (χ3n) is 5.22. The van der Waals surface area contributed by atoms with Crippen molar-refractivity contribution in [2.45, 2.75) is 57.2 Å². The molecule has 1 N–H and O–H groups in total. The predicted molar refractivity (Wildman–Crippen MR) is 83.3 cm³/mol. The van der Waals surface area contributed by atoms with Crippen molar-refractivity contribution < 1.29 is 5.11 Å². The van der Waals surface area contributed by atoms with Crippen LogP contribution < -0.4 is 5.56 Å². The van der Waals surface area contributed by atoms with Gasteiger partial charge in [0.25, 0.3) is 5.56 Å². The van der Waals surface area contributed by atoms with E-state index in [1.165, 1.54) is 19.3 Å². The minimum atomic E-state index is -0.116. The summed E-state index contributed by atoms with van der Waals surface area (Å²) in [6, 6.07) is 5.83. The van der Waals surface area contributed by atoms with Crippen LogP contribution >= 0.6 is 0 Å². The SMILES string of the molecule is O=c1ccccn1CCN1CCCCC1C1CCCC1O. The van der Waals surface area contributed by atoms with Crippen LogP contribution in [-0.2, 0) is 6.54 Å². The fourth-order valence-corrected chi connectivity index (χ4v) is 4.08. The molecule has 0 radical (unpaired) electrons. The number of piperidine rings is 1. The average Bonchev–Trinajstić information content (AvgIpc) is 2.93. The lowest BCUT2D eigenvalue weighted by Crippen LogP contribution is -2.47. The van der Waals surface area contributed by atoms with Crippen LogP contribution in [0.15, 0.2) is 29.2 Å². The van der Waals surface area contributed by atoms with Gasteiger partial charge in [-0.3, -0.25) is 9.69 Å². The molecule has 2 aliphatic rings. The Morgan fingerprint density at radius 3 is 2.76 bits per heavy atom. The monoisotopic (exact) mass is 290 g/mol.